The number of ether oxygens (including phenoxy) is 2. The zero-order valence-corrected chi connectivity index (χ0v) is 16.4. The van der Waals surface area contributed by atoms with E-state index in [1.165, 1.54) is 0 Å². The van der Waals surface area contributed by atoms with Crippen LogP contribution in [0.2, 0.25) is 5.02 Å². The topological polar surface area (TPSA) is 47.6 Å². The van der Waals surface area contributed by atoms with Gasteiger partial charge in [0.05, 0.1) is 7.11 Å². The van der Waals surface area contributed by atoms with Gasteiger partial charge >= 0.3 is 0 Å². The monoisotopic (exact) mass is 375 g/mol. The van der Waals surface area contributed by atoms with Crippen LogP contribution in [0.15, 0.2) is 36.4 Å². The second kappa shape index (κ2) is 10.1. The van der Waals surface area contributed by atoms with Crippen molar-refractivity contribution in [3.63, 3.8) is 0 Å². The number of carbonyl (C=O) groups is 1. The van der Waals surface area contributed by atoms with Crippen molar-refractivity contribution in [1.82, 2.24) is 5.32 Å². The third-order valence-electron chi connectivity index (χ3n) is 4.13. The molecule has 1 amide bonds. The van der Waals surface area contributed by atoms with E-state index in [-0.39, 0.29) is 5.91 Å². The largest absolute Gasteiger partial charge is 0.496 e. The van der Waals surface area contributed by atoms with E-state index in [0.29, 0.717) is 29.5 Å². The van der Waals surface area contributed by atoms with Crippen LogP contribution in [0.25, 0.3) is 0 Å². The summed E-state index contributed by atoms with van der Waals surface area (Å²) in [4.78, 5) is 12.3. The predicted octanol–water partition coefficient (Wildman–Crippen LogP) is 5.16. The first-order valence-electron chi connectivity index (χ1n) is 8.89. The van der Waals surface area contributed by atoms with Gasteiger partial charge in [-0.1, -0.05) is 31.4 Å². The van der Waals surface area contributed by atoms with Crippen LogP contribution in [-0.2, 0) is 6.61 Å². The molecule has 2 aromatic carbocycles. The van der Waals surface area contributed by atoms with Gasteiger partial charge in [-0.25, -0.2) is 0 Å². The van der Waals surface area contributed by atoms with Crippen molar-refractivity contribution in [2.45, 2.75) is 39.7 Å². The first-order valence-corrected chi connectivity index (χ1v) is 9.27. The molecule has 4 nitrogen and oxygen atoms in total. The Kier molecular flexibility index (Phi) is 7.79. The molecule has 0 radical (unpaired) electrons. The zero-order chi connectivity index (χ0) is 18.9. The number of nitrogens with one attached hydrogen (secondary N) is 1. The first-order chi connectivity index (χ1) is 12.5. The van der Waals surface area contributed by atoms with Crippen molar-refractivity contribution < 1.29 is 14.3 Å². The maximum atomic E-state index is 12.3. The Morgan fingerprint density at radius 1 is 1.15 bits per heavy atom. The number of aryl methyl sites for hydroxylation is 1. The lowest BCUT2D eigenvalue weighted by atomic mass is 10.1. The summed E-state index contributed by atoms with van der Waals surface area (Å²) < 4.78 is 11.2. The van der Waals surface area contributed by atoms with Crippen molar-refractivity contribution in [3.8, 4) is 11.5 Å². The molecule has 0 bridgehead atoms. The molecule has 140 valence electrons. The molecular formula is C21H26ClNO3. The highest BCUT2D eigenvalue weighted by Gasteiger charge is 2.11. The molecule has 0 aliphatic carbocycles. The molecule has 0 unspecified atom stereocenters. The molecule has 0 saturated heterocycles. The number of benzene rings is 2. The summed E-state index contributed by atoms with van der Waals surface area (Å²) in [7, 11) is 1.61. The first kappa shape index (κ1) is 20.1. The van der Waals surface area contributed by atoms with E-state index in [4.69, 9.17) is 21.1 Å². The van der Waals surface area contributed by atoms with Gasteiger partial charge in [0.25, 0.3) is 5.91 Å². The van der Waals surface area contributed by atoms with Crippen molar-refractivity contribution in [2.24, 2.45) is 0 Å². The summed E-state index contributed by atoms with van der Waals surface area (Å²) in [6.07, 6.45) is 3.23. The van der Waals surface area contributed by atoms with Crippen LogP contribution in [-0.4, -0.2) is 19.6 Å². The smallest absolute Gasteiger partial charge is 0.251 e. The zero-order valence-electron chi connectivity index (χ0n) is 15.6. The van der Waals surface area contributed by atoms with Gasteiger partial charge in [-0.15, -0.1) is 0 Å². The minimum atomic E-state index is -0.0765. The van der Waals surface area contributed by atoms with Gasteiger partial charge in [-0.3, -0.25) is 4.79 Å². The molecule has 0 aromatic heterocycles. The molecule has 5 heteroatoms. The van der Waals surface area contributed by atoms with E-state index in [9.17, 15) is 4.79 Å². The Bertz CT molecular complexity index is 746. The molecule has 2 rings (SSSR count). The van der Waals surface area contributed by atoms with Crippen LogP contribution >= 0.6 is 11.6 Å². The number of amides is 1. The van der Waals surface area contributed by atoms with Gasteiger partial charge in [0.2, 0.25) is 0 Å². The number of halogens is 1. The third-order valence-corrected chi connectivity index (χ3v) is 4.56. The minimum Gasteiger partial charge on any atom is -0.496 e. The van der Waals surface area contributed by atoms with Gasteiger partial charge in [0.15, 0.2) is 0 Å². The van der Waals surface area contributed by atoms with E-state index in [1.54, 1.807) is 19.2 Å². The van der Waals surface area contributed by atoms with E-state index >= 15 is 0 Å². The number of methoxy groups -OCH3 is 1. The highest BCUT2D eigenvalue weighted by molar-refractivity contribution is 6.31. The summed E-state index contributed by atoms with van der Waals surface area (Å²) in [6, 6.07) is 10.9. The average Bonchev–Trinajstić information content (AvgIpc) is 2.65. The molecule has 0 saturated carbocycles. The fourth-order valence-corrected chi connectivity index (χ4v) is 2.70. The van der Waals surface area contributed by atoms with Crippen molar-refractivity contribution >= 4 is 17.5 Å². The molecule has 0 heterocycles. The number of hydrogen-bond acceptors (Lipinski definition) is 3. The number of hydrogen-bond donors (Lipinski definition) is 1. The van der Waals surface area contributed by atoms with Crippen molar-refractivity contribution in [1.29, 1.82) is 0 Å². The van der Waals surface area contributed by atoms with Gasteiger partial charge in [0, 0.05) is 22.7 Å². The van der Waals surface area contributed by atoms with Gasteiger partial charge in [-0.05, 0) is 55.3 Å². The van der Waals surface area contributed by atoms with E-state index in [1.807, 2.05) is 31.2 Å². The Balaban J connectivity index is 2.06. The summed E-state index contributed by atoms with van der Waals surface area (Å²) in [6.45, 7) is 5.06. The van der Waals surface area contributed by atoms with Crippen LogP contribution in [0, 0.1) is 6.92 Å². The number of unbranched alkanes of at least 4 members (excludes halogenated alkanes) is 2. The quantitative estimate of drug-likeness (QED) is 0.616. The third kappa shape index (κ3) is 5.67. The molecule has 2 aromatic rings. The summed E-state index contributed by atoms with van der Waals surface area (Å²) in [5, 5.41) is 3.66. The van der Waals surface area contributed by atoms with E-state index in [0.717, 1.165) is 36.1 Å². The lowest BCUT2D eigenvalue weighted by molar-refractivity contribution is 0.0952. The minimum absolute atomic E-state index is 0.0765. The van der Waals surface area contributed by atoms with Crippen LogP contribution in [0.4, 0.5) is 0 Å². The van der Waals surface area contributed by atoms with Gasteiger partial charge < -0.3 is 14.8 Å². The highest BCUT2D eigenvalue weighted by Crippen LogP contribution is 2.25. The number of rotatable bonds is 9. The number of carbonyl (C=O) groups excluding carboxylic acids is 1. The lowest BCUT2D eigenvalue weighted by Crippen LogP contribution is -2.24. The van der Waals surface area contributed by atoms with Crippen LogP contribution in [0.5, 0.6) is 11.5 Å². The highest BCUT2D eigenvalue weighted by atomic mass is 35.5. The van der Waals surface area contributed by atoms with Crippen LogP contribution in [0.1, 0.15) is 47.7 Å². The fraction of sp³-hybridized carbons (Fsp3) is 0.381. The molecule has 1 N–H and O–H groups in total. The fourth-order valence-electron chi connectivity index (χ4n) is 2.58. The maximum absolute atomic E-state index is 12.3. The Morgan fingerprint density at radius 2 is 1.96 bits per heavy atom. The standard InChI is InChI=1S/C21H26ClNO3/c1-4-5-6-11-23-21(24)16-7-10-20(25-3)17(13-16)14-26-18-8-9-19(22)15(2)12-18/h7-10,12-13H,4-6,11,14H2,1-3H3,(H,23,24). The van der Waals surface area contributed by atoms with Crippen LogP contribution < -0.4 is 14.8 Å². The second-order valence-corrected chi connectivity index (χ2v) is 6.60. The van der Waals surface area contributed by atoms with Gasteiger partial charge in [0.1, 0.15) is 18.1 Å². The molecular weight excluding hydrogens is 350 g/mol. The maximum Gasteiger partial charge on any atom is 0.251 e. The molecule has 26 heavy (non-hydrogen) atoms. The van der Waals surface area contributed by atoms with E-state index in [2.05, 4.69) is 12.2 Å². The van der Waals surface area contributed by atoms with Crippen molar-refractivity contribution in [2.75, 3.05) is 13.7 Å². The van der Waals surface area contributed by atoms with Crippen molar-refractivity contribution in [3.05, 3.63) is 58.1 Å². The lowest BCUT2D eigenvalue weighted by Gasteiger charge is -2.13. The summed E-state index contributed by atoms with van der Waals surface area (Å²) in [5.74, 6) is 1.34. The van der Waals surface area contributed by atoms with E-state index < -0.39 is 0 Å². The summed E-state index contributed by atoms with van der Waals surface area (Å²) in [5.41, 5.74) is 2.38. The average molecular weight is 376 g/mol. The predicted molar refractivity (Wildman–Crippen MR) is 105 cm³/mol. The van der Waals surface area contributed by atoms with Crippen LogP contribution in [0.3, 0.4) is 0 Å². The van der Waals surface area contributed by atoms with Gasteiger partial charge in [-0.2, -0.15) is 0 Å². The normalized spacial score (nSPS) is 10.5. The molecule has 0 aliphatic rings. The Labute approximate surface area is 160 Å². The molecule has 0 fully saturated rings. The molecule has 0 aliphatic heterocycles. The Morgan fingerprint density at radius 3 is 2.65 bits per heavy atom. The SMILES string of the molecule is CCCCCNC(=O)c1ccc(OC)c(COc2ccc(Cl)c(C)c2)c1. The summed E-state index contributed by atoms with van der Waals surface area (Å²) >= 11 is 6.04. The molecule has 0 atom stereocenters. The Hall–Kier alpha value is -2.20. The molecule has 0 spiro atoms. The second-order valence-electron chi connectivity index (χ2n) is 6.19.